The SMILES string of the molecule is CC(CCCC12CCCC(=O)C1O2)OC1CCCCO1. The van der Waals surface area contributed by atoms with E-state index in [4.69, 9.17) is 14.2 Å². The molecule has 4 heteroatoms. The molecule has 3 fully saturated rings. The molecule has 0 aromatic rings. The van der Waals surface area contributed by atoms with E-state index in [0.717, 1.165) is 51.6 Å². The Bertz CT molecular complexity index is 350. The average molecular weight is 282 g/mol. The summed E-state index contributed by atoms with van der Waals surface area (Å²) < 4.78 is 17.2. The van der Waals surface area contributed by atoms with E-state index in [1.165, 1.54) is 6.42 Å². The minimum atomic E-state index is -0.0869. The van der Waals surface area contributed by atoms with Gasteiger partial charge in [-0.15, -0.1) is 0 Å². The molecule has 2 heterocycles. The van der Waals surface area contributed by atoms with Gasteiger partial charge in [-0.1, -0.05) is 0 Å². The van der Waals surface area contributed by atoms with Crippen LogP contribution in [0.4, 0.5) is 0 Å². The number of carbonyl (C=O) groups excluding carboxylic acids is 1. The van der Waals surface area contributed by atoms with E-state index < -0.39 is 0 Å². The summed E-state index contributed by atoms with van der Waals surface area (Å²) in [6.45, 7) is 2.95. The smallest absolute Gasteiger partial charge is 0.164 e. The Balaban J connectivity index is 1.34. The minimum Gasteiger partial charge on any atom is -0.358 e. The first-order chi connectivity index (χ1) is 9.70. The van der Waals surface area contributed by atoms with Crippen molar-refractivity contribution >= 4 is 5.78 Å². The summed E-state index contributed by atoms with van der Waals surface area (Å²) in [4.78, 5) is 11.6. The molecular formula is C16H26O4. The summed E-state index contributed by atoms with van der Waals surface area (Å²) >= 11 is 0. The molecule has 4 nitrogen and oxygen atoms in total. The number of Topliss-reactive ketones (excluding diaryl/α,β-unsaturated/α-hetero) is 1. The number of hydrogen-bond donors (Lipinski definition) is 0. The number of ether oxygens (including phenoxy) is 3. The molecular weight excluding hydrogens is 256 g/mol. The monoisotopic (exact) mass is 282 g/mol. The quantitative estimate of drug-likeness (QED) is 0.703. The Morgan fingerprint density at radius 3 is 3.10 bits per heavy atom. The van der Waals surface area contributed by atoms with E-state index in [9.17, 15) is 4.79 Å². The highest BCUT2D eigenvalue weighted by molar-refractivity contribution is 5.87. The second-order valence-corrected chi connectivity index (χ2v) is 6.52. The van der Waals surface area contributed by atoms with Gasteiger partial charge in [0.25, 0.3) is 0 Å². The zero-order chi connectivity index (χ0) is 14.0. The van der Waals surface area contributed by atoms with Crippen molar-refractivity contribution in [1.29, 1.82) is 0 Å². The zero-order valence-corrected chi connectivity index (χ0v) is 12.4. The molecule has 0 bridgehead atoms. The van der Waals surface area contributed by atoms with Crippen LogP contribution in [0.2, 0.25) is 0 Å². The van der Waals surface area contributed by atoms with Gasteiger partial charge >= 0.3 is 0 Å². The predicted octanol–water partition coefficient (Wildman–Crippen LogP) is 2.98. The number of epoxide rings is 1. The third-order valence-corrected chi connectivity index (χ3v) is 4.82. The van der Waals surface area contributed by atoms with E-state index in [1.807, 2.05) is 0 Å². The van der Waals surface area contributed by atoms with Gasteiger partial charge in [-0.2, -0.15) is 0 Å². The first kappa shape index (κ1) is 14.5. The Morgan fingerprint density at radius 1 is 1.40 bits per heavy atom. The Labute approximate surface area is 121 Å². The maximum Gasteiger partial charge on any atom is 0.164 e. The molecule has 0 spiro atoms. The average Bonchev–Trinajstić information content (AvgIpc) is 3.16. The van der Waals surface area contributed by atoms with Crippen LogP contribution in [0.5, 0.6) is 0 Å². The lowest BCUT2D eigenvalue weighted by molar-refractivity contribution is -0.185. The second kappa shape index (κ2) is 6.12. The molecule has 2 aliphatic heterocycles. The molecule has 0 radical (unpaired) electrons. The number of carbonyl (C=O) groups is 1. The summed E-state index contributed by atoms with van der Waals surface area (Å²) in [5.41, 5.74) is -0.0869. The lowest BCUT2D eigenvalue weighted by atomic mass is 9.84. The van der Waals surface area contributed by atoms with Crippen molar-refractivity contribution in [3.05, 3.63) is 0 Å². The van der Waals surface area contributed by atoms with Gasteiger partial charge < -0.3 is 14.2 Å². The molecule has 0 aromatic carbocycles. The lowest BCUT2D eigenvalue weighted by Crippen LogP contribution is -2.28. The molecule has 3 aliphatic rings. The molecule has 3 rings (SSSR count). The van der Waals surface area contributed by atoms with E-state index in [0.29, 0.717) is 12.2 Å². The number of hydrogen-bond acceptors (Lipinski definition) is 4. The summed E-state index contributed by atoms with van der Waals surface area (Å²) in [6, 6.07) is 0. The van der Waals surface area contributed by atoms with Crippen LogP contribution in [0, 0.1) is 0 Å². The maximum absolute atomic E-state index is 11.6. The van der Waals surface area contributed by atoms with Crippen molar-refractivity contribution in [3.63, 3.8) is 0 Å². The Kier molecular flexibility index (Phi) is 4.43. The van der Waals surface area contributed by atoms with Crippen molar-refractivity contribution in [2.24, 2.45) is 0 Å². The highest BCUT2D eigenvalue weighted by Gasteiger charge is 2.60. The highest BCUT2D eigenvalue weighted by Crippen LogP contribution is 2.49. The molecule has 1 aliphatic carbocycles. The van der Waals surface area contributed by atoms with Gasteiger partial charge in [0.05, 0.1) is 6.10 Å². The predicted molar refractivity (Wildman–Crippen MR) is 74.5 cm³/mol. The largest absolute Gasteiger partial charge is 0.358 e. The van der Waals surface area contributed by atoms with E-state index >= 15 is 0 Å². The van der Waals surface area contributed by atoms with E-state index in [1.54, 1.807) is 0 Å². The van der Waals surface area contributed by atoms with Crippen LogP contribution in [0.3, 0.4) is 0 Å². The van der Waals surface area contributed by atoms with Crippen LogP contribution in [0.15, 0.2) is 0 Å². The van der Waals surface area contributed by atoms with Gasteiger partial charge in [0.2, 0.25) is 0 Å². The van der Waals surface area contributed by atoms with Crippen LogP contribution < -0.4 is 0 Å². The van der Waals surface area contributed by atoms with Crippen molar-refractivity contribution < 1.29 is 19.0 Å². The third-order valence-electron chi connectivity index (χ3n) is 4.82. The molecule has 0 amide bonds. The highest BCUT2D eigenvalue weighted by atomic mass is 16.7. The van der Waals surface area contributed by atoms with Crippen molar-refractivity contribution in [1.82, 2.24) is 0 Å². The normalized spacial score (nSPS) is 38.4. The van der Waals surface area contributed by atoms with E-state index in [2.05, 4.69) is 6.92 Å². The molecule has 0 aromatic heterocycles. The summed E-state index contributed by atoms with van der Waals surface area (Å²) in [7, 11) is 0. The molecule has 2 saturated heterocycles. The van der Waals surface area contributed by atoms with Gasteiger partial charge in [0.1, 0.15) is 11.7 Å². The molecule has 114 valence electrons. The molecule has 20 heavy (non-hydrogen) atoms. The van der Waals surface area contributed by atoms with Gasteiger partial charge in [-0.3, -0.25) is 4.79 Å². The number of fused-ring (bicyclic) bond motifs is 1. The van der Waals surface area contributed by atoms with Crippen LogP contribution >= 0.6 is 0 Å². The fourth-order valence-electron chi connectivity index (χ4n) is 3.59. The van der Waals surface area contributed by atoms with Crippen molar-refractivity contribution in [2.75, 3.05) is 6.61 Å². The topological polar surface area (TPSA) is 48.1 Å². The van der Waals surface area contributed by atoms with Gasteiger partial charge in [-0.05, 0) is 58.3 Å². The van der Waals surface area contributed by atoms with Gasteiger partial charge in [0.15, 0.2) is 12.1 Å². The number of ketones is 1. The summed E-state index contributed by atoms with van der Waals surface area (Å²) in [6.07, 6.45) is 9.40. The summed E-state index contributed by atoms with van der Waals surface area (Å²) in [5.74, 6) is 0.316. The fourth-order valence-corrected chi connectivity index (χ4v) is 3.59. The Morgan fingerprint density at radius 2 is 2.30 bits per heavy atom. The minimum absolute atomic E-state index is 0.00176. The van der Waals surface area contributed by atoms with Crippen LogP contribution in [-0.4, -0.2) is 36.5 Å². The van der Waals surface area contributed by atoms with E-state index in [-0.39, 0.29) is 24.1 Å². The Hall–Kier alpha value is -0.450. The van der Waals surface area contributed by atoms with Crippen molar-refractivity contribution in [2.45, 2.75) is 88.8 Å². The zero-order valence-electron chi connectivity index (χ0n) is 12.4. The lowest BCUT2D eigenvalue weighted by Gasteiger charge is -2.26. The van der Waals surface area contributed by atoms with Crippen LogP contribution in [0.25, 0.3) is 0 Å². The fraction of sp³-hybridized carbons (Fsp3) is 0.938. The molecule has 4 unspecified atom stereocenters. The number of rotatable bonds is 6. The molecule has 4 atom stereocenters. The van der Waals surface area contributed by atoms with Crippen LogP contribution in [0.1, 0.15) is 64.7 Å². The first-order valence-corrected chi connectivity index (χ1v) is 8.17. The summed E-state index contributed by atoms with van der Waals surface area (Å²) in [5, 5.41) is 0. The second-order valence-electron chi connectivity index (χ2n) is 6.52. The first-order valence-electron chi connectivity index (χ1n) is 8.17. The van der Waals surface area contributed by atoms with Crippen molar-refractivity contribution in [3.8, 4) is 0 Å². The standard InChI is InChI=1S/C16H26O4/c1-12(19-14-8-2-3-11-18-14)6-4-9-16-10-5-7-13(17)15(16)20-16/h12,14-15H,2-11H2,1H3. The maximum atomic E-state index is 11.6. The molecule has 0 N–H and O–H groups in total. The van der Waals surface area contributed by atoms with Crippen LogP contribution in [-0.2, 0) is 19.0 Å². The molecule has 1 saturated carbocycles. The van der Waals surface area contributed by atoms with Gasteiger partial charge in [0, 0.05) is 13.0 Å². The van der Waals surface area contributed by atoms with Gasteiger partial charge in [-0.25, -0.2) is 0 Å². The third kappa shape index (κ3) is 3.23.